The maximum absolute atomic E-state index is 13.3. The maximum Gasteiger partial charge on any atom is 0.170 e. The van der Waals surface area contributed by atoms with Gasteiger partial charge >= 0.3 is 0 Å². The monoisotopic (exact) mass is 318 g/mol. The minimum absolute atomic E-state index is 0.278. The van der Waals surface area contributed by atoms with E-state index in [1.54, 1.807) is 0 Å². The lowest BCUT2D eigenvalue weighted by Gasteiger charge is -2.27. The van der Waals surface area contributed by atoms with E-state index in [9.17, 15) is 4.79 Å². The first-order valence-corrected chi connectivity index (χ1v) is 8.63. The molecule has 4 rings (SSSR count). The fourth-order valence-electron chi connectivity index (χ4n) is 3.79. The highest BCUT2D eigenvalue weighted by Gasteiger charge is 2.40. The second kappa shape index (κ2) is 6.25. The summed E-state index contributed by atoms with van der Waals surface area (Å²) in [5.74, 6) is 0.284. The fraction of sp³-hybridized carbons (Fsp3) is 0.286. The largest absolute Gasteiger partial charge is 0.361 e. The molecular weight excluding hydrogens is 296 g/mol. The van der Waals surface area contributed by atoms with E-state index in [-0.39, 0.29) is 11.2 Å². The maximum atomic E-state index is 13.3. The molecule has 0 bridgehead atoms. The predicted octanol–water partition coefficient (Wildman–Crippen LogP) is 3.96. The molecule has 1 saturated heterocycles. The number of aryl methyl sites for hydroxylation is 1. The van der Waals surface area contributed by atoms with E-state index in [1.165, 1.54) is 5.56 Å². The van der Waals surface area contributed by atoms with Crippen LogP contribution in [0, 0.1) is 5.41 Å². The Balaban J connectivity index is 1.60. The van der Waals surface area contributed by atoms with Gasteiger partial charge in [-0.3, -0.25) is 4.79 Å². The van der Waals surface area contributed by atoms with Crippen molar-refractivity contribution in [3.63, 3.8) is 0 Å². The molecule has 1 aliphatic heterocycles. The van der Waals surface area contributed by atoms with Crippen LogP contribution in [0.3, 0.4) is 0 Å². The van der Waals surface area contributed by atoms with E-state index in [2.05, 4.69) is 34.6 Å². The van der Waals surface area contributed by atoms with E-state index in [0.29, 0.717) is 0 Å². The van der Waals surface area contributed by atoms with E-state index < -0.39 is 0 Å². The zero-order valence-electron chi connectivity index (χ0n) is 13.7. The van der Waals surface area contributed by atoms with E-state index in [1.807, 2.05) is 36.5 Å². The lowest BCUT2D eigenvalue weighted by molar-refractivity contribution is 0.0803. The van der Waals surface area contributed by atoms with Gasteiger partial charge in [-0.25, -0.2) is 0 Å². The van der Waals surface area contributed by atoms with Gasteiger partial charge in [0.25, 0.3) is 0 Å². The molecule has 2 N–H and O–H groups in total. The van der Waals surface area contributed by atoms with Crippen molar-refractivity contribution in [1.29, 1.82) is 0 Å². The standard InChI is InChI=1S/C21H22N2O/c24-20(18-6-7-19-17(14-18)9-12-23-19)21(11-13-22-15-21)10-8-16-4-2-1-3-5-16/h1-7,9,12,14,22-23H,8,10-11,13,15H2. The molecule has 0 saturated carbocycles. The molecule has 1 aromatic heterocycles. The number of benzene rings is 2. The number of fused-ring (bicyclic) bond motifs is 1. The lowest BCUT2D eigenvalue weighted by atomic mass is 9.75. The number of carbonyl (C=O) groups is 1. The predicted molar refractivity (Wildman–Crippen MR) is 97.3 cm³/mol. The molecule has 1 aliphatic rings. The fourth-order valence-corrected chi connectivity index (χ4v) is 3.79. The Morgan fingerprint density at radius 1 is 1.08 bits per heavy atom. The smallest absolute Gasteiger partial charge is 0.170 e. The van der Waals surface area contributed by atoms with Crippen molar-refractivity contribution in [2.24, 2.45) is 5.41 Å². The molecule has 0 radical (unpaired) electrons. The third-order valence-electron chi connectivity index (χ3n) is 5.28. The van der Waals surface area contributed by atoms with Gasteiger partial charge in [0.05, 0.1) is 0 Å². The lowest BCUT2D eigenvalue weighted by Crippen LogP contribution is -2.34. The number of rotatable bonds is 5. The van der Waals surface area contributed by atoms with Crippen LogP contribution in [0.15, 0.2) is 60.8 Å². The summed E-state index contributed by atoms with van der Waals surface area (Å²) in [7, 11) is 0. The summed E-state index contributed by atoms with van der Waals surface area (Å²) in [6, 6.07) is 18.5. The van der Waals surface area contributed by atoms with E-state index >= 15 is 0 Å². The van der Waals surface area contributed by atoms with Gasteiger partial charge in [-0.1, -0.05) is 30.3 Å². The van der Waals surface area contributed by atoms with Crippen LogP contribution < -0.4 is 5.32 Å². The van der Waals surface area contributed by atoms with Crippen LogP contribution in [-0.4, -0.2) is 23.9 Å². The van der Waals surface area contributed by atoms with Gasteiger partial charge in [0, 0.05) is 34.6 Å². The molecule has 0 amide bonds. The van der Waals surface area contributed by atoms with Crippen LogP contribution in [0.4, 0.5) is 0 Å². The first-order valence-electron chi connectivity index (χ1n) is 8.63. The Labute approximate surface area is 142 Å². The minimum atomic E-state index is -0.278. The van der Waals surface area contributed by atoms with Crippen LogP contribution in [0.1, 0.15) is 28.8 Å². The first kappa shape index (κ1) is 15.2. The van der Waals surface area contributed by atoms with Crippen LogP contribution in [-0.2, 0) is 6.42 Å². The Hall–Kier alpha value is -2.39. The van der Waals surface area contributed by atoms with Gasteiger partial charge in [0.1, 0.15) is 0 Å². The van der Waals surface area contributed by atoms with Gasteiger partial charge in [0.15, 0.2) is 5.78 Å². The number of hydrogen-bond donors (Lipinski definition) is 2. The second-order valence-electron chi connectivity index (χ2n) is 6.80. The van der Waals surface area contributed by atoms with Crippen LogP contribution in [0.25, 0.3) is 10.9 Å². The zero-order chi connectivity index (χ0) is 16.4. The summed E-state index contributed by atoms with van der Waals surface area (Å²) < 4.78 is 0. The highest BCUT2D eigenvalue weighted by Crippen LogP contribution is 2.35. The highest BCUT2D eigenvalue weighted by atomic mass is 16.1. The SMILES string of the molecule is O=C(c1ccc2[nH]ccc2c1)C1(CCc2ccccc2)CCNC1. The quantitative estimate of drug-likeness (QED) is 0.699. The third-order valence-corrected chi connectivity index (χ3v) is 5.28. The number of H-pyrrole nitrogens is 1. The summed E-state index contributed by atoms with van der Waals surface area (Å²) in [6.45, 7) is 1.71. The normalized spacial score (nSPS) is 20.5. The van der Waals surface area contributed by atoms with Crippen molar-refractivity contribution in [2.75, 3.05) is 13.1 Å². The number of aromatic nitrogens is 1. The summed E-state index contributed by atoms with van der Waals surface area (Å²) in [5, 5.41) is 4.51. The van der Waals surface area contributed by atoms with Crippen molar-refractivity contribution in [3.05, 3.63) is 71.9 Å². The average Bonchev–Trinajstić information content (AvgIpc) is 3.29. The highest BCUT2D eigenvalue weighted by molar-refractivity contribution is 6.03. The number of aromatic amines is 1. The van der Waals surface area contributed by atoms with Crippen LogP contribution in [0.2, 0.25) is 0 Å². The number of carbonyl (C=O) groups excluding carboxylic acids is 1. The van der Waals surface area contributed by atoms with Crippen molar-refractivity contribution >= 4 is 16.7 Å². The molecule has 0 spiro atoms. The van der Waals surface area contributed by atoms with Gasteiger partial charge in [-0.15, -0.1) is 0 Å². The Bertz CT molecular complexity index is 844. The van der Waals surface area contributed by atoms with Crippen molar-refractivity contribution in [3.8, 4) is 0 Å². The Kier molecular flexibility index (Phi) is 3.95. The summed E-state index contributed by atoms with van der Waals surface area (Å²) in [5.41, 5.74) is 2.94. The number of nitrogens with one attached hydrogen (secondary N) is 2. The molecule has 1 fully saturated rings. The van der Waals surface area contributed by atoms with Gasteiger partial charge < -0.3 is 10.3 Å². The molecular formula is C21H22N2O. The molecule has 3 aromatic rings. The Morgan fingerprint density at radius 3 is 2.75 bits per heavy atom. The van der Waals surface area contributed by atoms with E-state index in [0.717, 1.165) is 48.8 Å². The number of ketones is 1. The molecule has 3 nitrogen and oxygen atoms in total. The van der Waals surface area contributed by atoms with Crippen LogP contribution >= 0.6 is 0 Å². The topological polar surface area (TPSA) is 44.9 Å². The minimum Gasteiger partial charge on any atom is -0.361 e. The molecule has 122 valence electrons. The average molecular weight is 318 g/mol. The number of Topliss-reactive ketones (excluding diaryl/α,β-unsaturated/α-hetero) is 1. The molecule has 2 heterocycles. The van der Waals surface area contributed by atoms with Gasteiger partial charge in [-0.05, 0) is 55.6 Å². The molecule has 2 aromatic carbocycles. The number of hydrogen-bond acceptors (Lipinski definition) is 2. The molecule has 24 heavy (non-hydrogen) atoms. The summed E-state index contributed by atoms with van der Waals surface area (Å²) in [4.78, 5) is 16.5. The molecule has 1 unspecified atom stereocenters. The van der Waals surface area contributed by atoms with Crippen molar-refractivity contribution in [1.82, 2.24) is 10.3 Å². The van der Waals surface area contributed by atoms with Crippen LogP contribution in [0.5, 0.6) is 0 Å². The molecule has 0 aliphatic carbocycles. The van der Waals surface area contributed by atoms with Gasteiger partial charge in [0.2, 0.25) is 0 Å². The van der Waals surface area contributed by atoms with Crippen molar-refractivity contribution in [2.45, 2.75) is 19.3 Å². The van der Waals surface area contributed by atoms with Gasteiger partial charge in [-0.2, -0.15) is 0 Å². The molecule has 3 heteroatoms. The summed E-state index contributed by atoms with van der Waals surface area (Å²) in [6.07, 6.45) is 4.68. The Morgan fingerprint density at radius 2 is 1.96 bits per heavy atom. The summed E-state index contributed by atoms with van der Waals surface area (Å²) >= 11 is 0. The first-order chi connectivity index (χ1) is 11.8. The zero-order valence-corrected chi connectivity index (χ0v) is 13.7. The molecule has 1 atom stereocenters. The third kappa shape index (κ3) is 2.76. The van der Waals surface area contributed by atoms with Crippen molar-refractivity contribution < 1.29 is 4.79 Å². The van der Waals surface area contributed by atoms with E-state index in [4.69, 9.17) is 0 Å². The second-order valence-corrected chi connectivity index (χ2v) is 6.80.